The van der Waals surface area contributed by atoms with Gasteiger partial charge < -0.3 is 14.6 Å². The molecule has 19 heavy (non-hydrogen) atoms. The van der Waals surface area contributed by atoms with Crippen molar-refractivity contribution in [2.24, 2.45) is 0 Å². The normalized spacial score (nSPS) is 10.2. The number of aromatic carboxylic acids is 1. The molecular formula is C13H13NO4S. The van der Waals surface area contributed by atoms with Gasteiger partial charge in [-0.2, -0.15) is 0 Å². The largest absolute Gasteiger partial charge is 0.487 e. The van der Waals surface area contributed by atoms with Crippen LogP contribution in [0.4, 0.5) is 0 Å². The predicted molar refractivity (Wildman–Crippen MR) is 71.1 cm³/mol. The van der Waals surface area contributed by atoms with Gasteiger partial charge in [0.15, 0.2) is 4.88 Å². The Kier molecular flexibility index (Phi) is 4.01. The number of aromatic nitrogens is 1. The number of hydrogen-bond acceptors (Lipinski definition) is 5. The number of carboxylic acid groups (broad SMARTS) is 1. The van der Waals surface area contributed by atoms with E-state index >= 15 is 0 Å². The highest BCUT2D eigenvalue weighted by Crippen LogP contribution is 2.30. The third kappa shape index (κ3) is 3.03. The first-order valence-corrected chi connectivity index (χ1v) is 6.38. The van der Waals surface area contributed by atoms with E-state index in [4.69, 9.17) is 14.6 Å². The van der Waals surface area contributed by atoms with Crippen molar-refractivity contribution in [3.8, 4) is 11.6 Å². The molecule has 0 aliphatic carbocycles. The van der Waals surface area contributed by atoms with Gasteiger partial charge in [0.25, 0.3) is 0 Å². The van der Waals surface area contributed by atoms with Crippen molar-refractivity contribution in [2.45, 2.75) is 13.5 Å². The van der Waals surface area contributed by atoms with Gasteiger partial charge in [0.1, 0.15) is 12.4 Å². The number of carboxylic acids is 1. The van der Waals surface area contributed by atoms with Gasteiger partial charge in [-0.3, -0.25) is 0 Å². The standard InChI is InChI=1S/C13H13NO4S/c1-8-6-10(11(19-8)13(15)16)18-7-9-4-3-5-14-12(9)17-2/h3-6H,7H2,1-2H3,(H,15,16). The molecule has 2 heterocycles. The zero-order valence-electron chi connectivity index (χ0n) is 10.5. The molecule has 0 saturated carbocycles. The van der Waals surface area contributed by atoms with Crippen LogP contribution in [0.3, 0.4) is 0 Å². The van der Waals surface area contributed by atoms with Crippen LogP contribution in [-0.2, 0) is 6.61 Å². The Labute approximate surface area is 114 Å². The molecule has 2 rings (SSSR count). The smallest absolute Gasteiger partial charge is 0.349 e. The van der Waals surface area contributed by atoms with Gasteiger partial charge in [-0.05, 0) is 25.1 Å². The van der Waals surface area contributed by atoms with Crippen molar-refractivity contribution in [2.75, 3.05) is 7.11 Å². The van der Waals surface area contributed by atoms with Crippen molar-refractivity contribution >= 4 is 17.3 Å². The number of nitrogens with zero attached hydrogens (tertiary/aromatic N) is 1. The lowest BCUT2D eigenvalue weighted by Gasteiger charge is -2.08. The number of pyridine rings is 1. The average Bonchev–Trinajstić information content (AvgIpc) is 2.78. The van der Waals surface area contributed by atoms with Gasteiger partial charge in [0.05, 0.1) is 12.7 Å². The summed E-state index contributed by atoms with van der Waals surface area (Å²) in [5.74, 6) is -0.126. The van der Waals surface area contributed by atoms with Gasteiger partial charge in [0, 0.05) is 11.1 Å². The summed E-state index contributed by atoms with van der Waals surface area (Å²) in [4.78, 5) is 16.2. The molecule has 0 atom stereocenters. The molecule has 0 aliphatic heterocycles. The van der Waals surface area contributed by atoms with E-state index in [-0.39, 0.29) is 11.5 Å². The van der Waals surface area contributed by atoms with Crippen LogP contribution in [0.15, 0.2) is 24.4 Å². The maximum absolute atomic E-state index is 11.1. The fourth-order valence-electron chi connectivity index (χ4n) is 1.62. The second-order valence-electron chi connectivity index (χ2n) is 3.82. The van der Waals surface area contributed by atoms with Crippen molar-refractivity contribution in [3.05, 3.63) is 39.7 Å². The Morgan fingerprint density at radius 3 is 3.00 bits per heavy atom. The van der Waals surface area contributed by atoms with Crippen molar-refractivity contribution in [1.29, 1.82) is 0 Å². The maximum Gasteiger partial charge on any atom is 0.349 e. The van der Waals surface area contributed by atoms with E-state index in [1.807, 2.05) is 13.0 Å². The van der Waals surface area contributed by atoms with E-state index < -0.39 is 5.97 Å². The fraction of sp³-hybridized carbons (Fsp3) is 0.231. The second-order valence-corrected chi connectivity index (χ2v) is 5.07. The van der Waals surface area contributed by atoms with Gasteiger partial charge in [-0.25, -0.2) is 9.78 Å². The predicted octanol–water partition coefficient (Wildman–Crippen LogP) is 2.74. The number of rotatable bonds is 5. The van der Waals surface area contributed by atoms with Crippen LogP contribution in [0, 0.1) is 6.92 Å². The molecule has 0 aliphatic rings. The lowest BCUT2D eigenvalue weighted by Crippen LogP contribution is -2.02. The molecule has 0 radical (unpaired) electrons. The summed E-state index contributed by atoms with van der Waals surface area (Å²) in [5.41, 5.74) is 0.769. The highest BCUT2D eigenvalue weighted by molar-refractivity contribution is 7.14. The SMILES string of the molecule is COc1ncccc1COc1cc(C)sc1C(=O)O. The van der Waals surface area contributed by atoms with E-state index in [0.29, 0.717) is 11.6 Å². The average molecular weight is 279 g/mol. The van der Waals surface area contributed by atoms with E-state index in [0.717, 1.165) is 10.4 Å². The minimum atomic E-state index is -0.980. The second kappa shape index (κ2) is 5.71. The minimum absolute atomic E-state index is 0.209. The van der Waals surface area contributed by atoms with Crippen molar-refractivity contribution < 1.29 is 19.4 Å². The van der Waals surface area contributed by atoms with Crippen molar-refractivity contribution in [1.82, 2.24) is 4.98 Å². The summed E-state index contributed by atoms with van der Waals surface area (Å²) >= 11 is 1.20. The summed E-state index contributed by atoms with van der Waals surface area (Å²) in [6.07, 6.45) is 1.62. The van der Waals surface area contributed by atoms with Crippen molar-refractivity contribution in [3.63, 3.8) is 0 Å². The molecule has 0 fully saturated rings. The summed E-state index contributed by atoms with van der Waals surface area (Å²) in [6, 6.07) is 5.32. The fourth-order valence-corrected chi connectivity index (χ4v) is 2.41. The Morgan fingerprint density at radius 2 is 2.32 bits per heavy atom. The van der Waals surface area contributed by atoms with Crippen LogP contribution < -0.4 is 9.47 Å². The molecule has 2 aromatic heterocycles. The molecular weight excluding hydrogens is 266 g/mol. The van der Waals surface area contributed by atoms with E-state index in [2.05, 4.69) is 4.98 Å². The summed E-state index contributed by atoms with van der Waals surface area (Å²) in [5, 5.41) is 9.07. The quantitative estimate of drug-likeness (QED) is 0.911. The highest BCUT2D eigenvalue weighted by atomic mass is 32.1. The third-order valence-corrected chi connectivity index (χ3v) is 3.46. The number of thiophene rings is 1. The molecule has 0 amide bonds. The molecule has 100 valence electrons. The van der Waals surface area contributed by atoms with E-state index in [9.17, 15) is 4.79 Å². The van der Waals surface area contributed by atoms with Crippen LogP contribution in [0.25, 0.3) is 0 Å². The molecule has 0 spiro atoms. The van der Waals surface area contributed by atoms with Crippen LogP contribution in [0.5, 0.6) is 11.6 Å². The molecule has 0 saturated heterocycles. The summed E-state index contributed by atoms with van der Waals surface area (Å²) < 4.78 is 10.7. The molecule has 6 heteroatoms. The Morgan fingerprint density at radius 1 is 1.53 bits per heavy atom. The van der Waals surface area contributed by atoms with Crippen LogP contribution in [-0.4, -0.2) is 23.2 Å². The molecule has 0 aromatic carbocycles. The first-order valence-electron chi connectivity index (χ1n) is 5.56. The molecule has 0 unspecified atom stereocenters. The monoisotopic (exact) mass is 279 g/mol. The van der Waals surface area contributed by atoms with Gasteiger partial charge in [-0.1, -0.05) is 0 Å². The minimum Gasteiger partial charge on any atom is -0.487 e. The highest BCUT2D eigenvalue weighted by Gasteiger charge is 2.16. The van der Waals surface area contributed by atoms with Crippen LogP contribution >= 0.6 is 11.3 Å². The maximum atomic E-state index is 11.1. The lowest BCUT2D eigenvalue weighted by atomic mass is 10.3. The number of carbonyl (C=O) groups is 1. The van der Waals surface area contributed by atoms with E-state index in [1.165, 1.54) is 18.4 Å². The molecule has 5 nitrogen and oxygen atoms in total. The third-order valence-electron chi connectivity index (χ3n) is 2.44. The van der Waals surface area contributed by atoms with Crippen LogP contribution in [0.2, 0.25) is 0 Å². The van der Waals surface area contributed by atoms with Gasteiger partial charge in [0.2, 0.25) is 5.88 Å². The van der Waals surface area contributed by atoms with Gasteiger partial charge in [-0.15, -0.1) is 11.3 Å². The van der Waals surface area contributed by atoms with Crippen LogP contribution in [0.1, 0.15) is 20.1 Å². The first-order chi connectivity index (χ1) is 9.11. The molecule has 0 bridgehead atoms. The number of hydrogen-bond donors (Lipinski definition) is 1. The summed E-state index contributed by atoms with van der Waals surface area (Å²) in [7, 11) is 1.53. The molecule has 2 aromatic rings. The number of methoxy groups -OCH3 is 1. The zero-order valence-corrected chi connectivity index (χ0v) is 11.4. The molecule has 1 N–H and O–H groups in total. The Bertz CT molecular complexity index is 594. The Hall–Kier alpha value is -2.08. The van der Waals surface area contributed by atoms with E-state index in [1.54, 1.807) is 18.3 Å². The number of ether oxygens (including phenoxy) is 2. The first kappa shape index (κ1) is 13.4. The Balaban J connectivity index is 2.16. The lowest BCUT2D eigenvalue weighted by molar-refractivity contribution is 0.0697. The van der Waals surface area contributed by atoms with Gasteiger partial charge >= 0.3 is 5.97 Å². The summed E-state index contributed by atoms with van der Waals surface area (Å²) in [6.45, 7) is 2.06. The topological polar surface area (TPSA) is 68.7 Å². The zero-order chi connectivity index (χ0) is 13.8. The number of aryl methyl sites for hydroxylation is 1.